The molecule has 2 N–H and O–H groups in total. The van der Waals surface area contributed by atoms with Crippen LogP contribution in [0.1, 0.15) is 24.0 Å². The Balaban J connectivity index is 1.21. The van der Waals surface area contributed by atoms with Gasteiger partial charge in [0.05, 0.1) is 16.9 Å². The minimum Gasteiger partial charge on any atom is -0.382 e. The van der Waals surface area contributed by atoms with Crippen LogP contribution in [0.5, 0.6) is 0 Å². The van der Waals surface area contributed by atoms with E-state index < -0.39 is 21.8 Å². The molecular weight excluding hydrogens is 491 g/mol. The first kappa shape index (κ1) is 24.3. The lowest BCUT2D eigenvalue weighted by molar-refractivity contribution is -0.137. The summed E-state index contributed by atoms with van der Waals surface area (Å²) in [6.45, 7) is 0.627. The topological polar surface area (TPSA) is 78.5 Å². The number of nitrogens with one attached hydrogen (secondary N) is 2. The molecule has 10 heteroatoms. The van der Waals surface area contributed by atoms with Gasteiger partial charge in [-0.05, 0) is 78.1 Å². The lowest BCUT2D eigenvalue weighted by atomic mass is 10.0. The van der Waals surface area contributed by atoms with Crippen molar-refractivity contribution in [2.24, 2.45) is 0 Å². The first-order valence-electron chi connectivity index (χ1n) is 11.6. The SMILES string of the molecule is O=C1Cc2cc(-c3ccc(S(=O)(=O)N4CCC(Nc5ccc(C(F)(F)F)cc5)CC4)cc3)ccc2N1. The van der Waals surface area contributed by atoms with Crippen LogP contribution in [0.4, 0.5) is 24.5 Å². The van der Waals surface area contributed by atoms with Crippen LogP contribution < -0.4 is 10.6 Å². The van der Waals surface area contributed by atoms with Gasteiger partial charge in [-0.25, -0.2) is 8.42 Å². The first-order chi connectivity index (χ1) is 17.1. The number of fused-ring (bicyclic) bond motifs is 1. The highest BCUT2D eigenvalue weighted by Crippen LogP contribution is 2.32. The zero-order chi connectivity index (χ0) is 25.5. The zero-order valence-electron chi connectivity index (χ0n) is 19.2. The van der Waals surface area contributed by atoms with Gasteiger partial charge in [0.2, 0.25) is 15.9 Å². The van der Waals surface area contributed by atoms with Crippen molar-refractivity contribution in [1.29, 1.82) is 0 Å². The fourth-order valence-corrected chi connectivity index (χ4v) is 6.08. The van der Waals surface area contributed by atoms with Crippen LogP contribution in [0.2, 0.25) is 0 Å². The Hall–Kier alpha value is -3.37. The molecule has 2 aliphatic rings. The van der Waals surface area contributed by atoms with Crippen LogP contribution in [0.15, 0.2) is 71.6 Å². The van der Waals surface area contributed by atoms with Gasteiger partial charge in [-0.1, -0.05) is 18.2 Å². The molecule has 0 atom stereocenters. The molecule has 3 aromatic carbocycles. The van der Waals surface area contributed by atoms with Gasteiger partial charge in [-0.2, -0.15) is 17.5 Å². The summed E-state index contributed by atoms with van der Waals surface area (Å²) in [4.78, 5) is 11.8. The van der Waals surface area contributed by atoms with Crippen LogP contribution in [-0.4, -0.2) is 37.8 Å². The number of hydrogen-bond acceptors (Lipinski definition) is 4. The van der Waals surface area contributed by atoms with E-state index in [2.05, 4.69) is 10.6 Å². The van der Waals surface area contributed by atoms with E-state index in [-0.39, 0.29) is 16.8 Å². The predicted molar refractivity (Wildman–Crippen MR) is 131 cm³/mol. The van der Waals surface area contributed by atoms with Gasteiger partial charge in [-0.15, -0.1) is 0 Å². The van der Waals surface area contributed by atoms with Gasteiger partial charge in [0.1, 0.15) is 0 Å². The lowest BCUT2D eigenvalue weighted by Crippen LogP contribution is -2.42. The number of piperidine rings is 1. The summed E-state index contributed by atoms with van der Waals surface area (Å²) < 4.78 is 66.0. The molecule has 1 amide bonds. The van der Waals surface area contributed by atoms with E-state index in [4.69, 9.17) is 0 Å². The quantitative estimate of drug-likeness (QED) is 0.494. The number of carbonyl (C=O) groups excluding carboxylic acids is 1. The molecule has 2 heterocycles. The van der Waals surface area contributed by atoms with Gasteiger partial charge in [0, 0.05) is 30.5 Å². The molecule has 0 spiro atoms. The normalized spacial score (nSPS) is 17.0. The Labute approximate surface area is 207 Å². The molecule has 3 aromatic rings. The maximum atomic E-state index is 13.2. The van der Waals surface area contributed by atoms with Gasteiger partial charge >= 0.3 is 6.18 Å². The highest BCUT2D eigenvalue weighted by Gasteiger charge is 2.31. The van der Waals surface area contributed by atoms with Crippen molar-refractivity contribution in [3.05, 3.63) is 77.9 Å². The molecule has 0 saturated carbocycles. The van der Waals surface area contributed by atoms with E-state index in [1.54, 1.807) is 24.3 Å². The molecule has 36 heavy (non-hydrogen) atoms. The number of carbonyl (C=O) groups is 1. The number of nitrogens with zero attached hydrogens (tertiary/aromatic N) is 1. The van der Waals surface area contributed by atoms with Gasteiger partial charge in [0.15, 0.2) is 0 Å². The smallest absolute Gasteiger partial charge is 0.382 e. The Bertz CT molecular complexity index is 1380. The summed E-state index contributed by atoms with van der Waals surface area (Å²) in [7, 11) is -3.67. The molecule has 1 saturated heterocycles. The molecule has 0 unspecified atom stereocenters. The molecule has 1 fully saturated rings. The summed E-state index contributed by atoms with van der Waals surface area (Å²) in [6, 6.07) is 17.2. The van der Waals surface area contributed by atoms with Gasteiger partial charge < -0.3 is 10.6 Å². The molecule has 5 rings (SSSR count). The fraction of sp³-hybridized carbons (Fsp3) is 0.269. The summed E-state index contributed by atoms with van der Waals surface area (Å²) in [5.41, 5.74) is 3.36. The number of halogens is 3. The largest absolute Gasteiger partial charge is 0.416 e. The van der Waals surface area contributed by atoms with Gasteiger partial charge in [-0.3, -0.25) is 4.79 Å². The minimum absolute atomic E-state index is 0.0308. The molecule has 0 bridgehead atoms. The average Bonchev–Trinajstić information content (AvgIpc) is 3.23. The van der Waals surface area contributed by atoms with E-state index in [1.165, 1.54) is 16.4 Å². The summed E-state index contributed by atoms with van der Waals surface area (Å²) in [5, 5.41) is 6.00. The number of benzene rings is 3. The van der Waals surface area contributed by atoms with Crippen molar-refractivity contribution >= 4 is 27.3 Å². The third-order valence-electron chi connectivity index (χ3n) is 6.59. The second kappa shape index (κ2) is 9.25. The minimum atomic E-state index is -4.38. The number of anilines is 2. The molecule has 188 valence electrons. The number of amides is 1. The van der Waals surface area contributed by atoms with Crippen molar-refractivity contribution in [2.75, 3.05) is 23.7 Å². The Morgan fingerprint density at radius 2 is 1.53 bits per heavy atom. The van der Waals surface area contributed by atoms with Crippen molar-refractivity contribution in [3.63, 3.8) is 0 Å². The van der Waals surface area contributed by atoms with E-state index in [1.807, 2.05) is 18.2 Å². The van der Waals surface area contributed by atoms with Crippen molar-refractivity contribution in [1.82, 2.24) is 4.31 Å². The van der Waals surface area contributed by atoms with Crippen LogP contribution in [0.3, 0.4) is 0 Å². The van der Waals surface area contributed by atoms with Gasteiger partial charge in [0.25, 0.3) is 0 Å². The lowest BCUT2D eigenvalue weighted by Gasteiger charge is -2.32. The predicted octanol–water partition coefficient (Wildman–Crippen LogP) is 5.13. The molecule has 0 aromatic heterocycles. The van der Waals surface area contributed by atoms with E-state index in [0.717, 1.165) is 34.5 Å². The highest BCUT2D eigenvalue weighted by atomic mass is 32.2. The number of hydrogen-bond donors (Lipinski definition) is 2. The van der Waals surface area contributed by atoms with Crippen molar-refractivity contribution in [3.8, 4) is 11.1 Å². The monoisotopic (exact) mass is 515 g/mol. The van der Waals surface area contributed by atoms with Crippen molar-refractivity contribution < 1.29 is 26.4 Å². The maximum Gasteiger partial charge on any atom is 0.416 e. The Morgan fingerprint density at radius 1 is 0.889 bits per heavy atom. The Kier molecular flexibility index (Phi) is 6.25. The molecule has 2 aliphatic heterocycles. The van der Waals surface area contributed by atoms with E-state index >= 15 is 0 Å². The number of sulfonamides is 1. The summed E-state index contributed by atoms with van der Waals surface area (Å²) >= 11 is 0. The van der Waals surface area contributed by atoms with E-state index in [0.29, 0.717) is 38.0 Å². The Morgan fingerprint density at radius 3 is 2.17 bits per heavy atom. The summed E-state index contributed by atoms with van der Waals surface area (Å²) in [5.74, 6) is -0.0399. The third kappa shape index (κ3) is 4.96. The fourth-order valence-electron chi connectivity index (χ4n) is 4.61. The second-order valence-electron chi connectivity index (χ2n) is 9.02. The van der Waals surface area contributed by atoms with Crippen molar-refractivity contribution in [2.45, 2.75) is 36.4 Å². The highest BCUT2D eigenvalue weighted by molar-refractivity contribution is 7.89. The number of rotatable bonds is 5. The third-order valence-corrected chi connectivity index (χ3v) is 8.51. The van der Waals surface area contributed by atoms with Crippen LogP contribution >= 0.6 is 0 Å². The molecular formula is C26H24F3N3O3S. The number of alkyl halides is 3. The standard InChI is InChI=1S/C26H24F3N3O3S/c27-26(28,29)20-4-6-21(7-5-20)30-22-11-13-32(14-12-22)36(34,35)23-8-1-17(2-9-23)18-3-10-24-19(15-18)16-25(33)31-24/h1-10,15,22,30H,11-14,16H2,(H,31,33). The van der Waals surface area contributed by atoms with Crippen LogP contribution in [0, 0.1) is 0 Å². The molecule has 6 nitrogen and oxygen atoms in total. The van der Waals surface area contributed by atoms with Crippen LogP contribution in [0.25, 0.3) is 11.1 Å². The first-order valence-corrected chi connectivity index (χ1v) is 13.0. The molecule has 0 aliphatic carbocycles. The van der Waals surface area contributed by atoms with E-state index in [9.17, 15) is 26.4 Å². The van der Waals surface area contributed by atoms with Crippen LogP contribution in [-0.2, 0) is 27.4 Å². The zero-order valence-corrected chi connectivity index (χ0v) is 20.0. The molecule has 0 radical (unpaired) electrons. The second-order valence-corrected chi connectivity index (χ2v) is 11.0. The summed E-state index contributed by atoms with van der Waals surface area (Å²) in [6.07, 6.45) is -2.96. The average molecular weight is 516 g/mol. The maximum absolute atomic E-state index is 13.2.